The number of anilines is 3. The first-order valence-corrected chi connectivity index (χ1v) is 20.4. The molecule has 1 aliphatic heterocycles. The molecule has 0 N–H and O–H groups in total. The first kappa shape index (κ1) is 27.7. The monoisotopic (exact) mass is 648 g/mol. The van der Waals surface area contributed by atoms with Crippen LogP contribution in [-0.4, -0.2) is 12.6 Å². The second kappa shape index (κ2) is 10.3. The van der Waals surface area contributed by atoms with Crippen molar-refractivity contribution in [3.8, 4) is 16.8 Å². The molecular weight excluding hydrogens is 617 g/mol. The average Bonchev–Trinajstić information content (AvgIpc) is 3.75. The van der Waals surface area contributed by atoms with Gasteiger partial charge in [0.25, 0.3) is 0 Å². The Kier molecular flexibility index (Phi) is 5.93. The van der Waals surface area contributed by atoms with Crippen molar-refractivity contribution in [2.45, 2.75) is 13.1 Å². The van der Waals surface area contributed by atoms with Crippen molar-refractivity contribution < 1.29 is 0 Å². The number of hydrogen-bond acceptors (Lipinski definition) is 2. The minimum Gasteiger partial charge on any atom is -0.310 e. The second-order valence-corrected chi connectivity index (χ2v) is 18.8. The molecule has 10 rings (SSSR count). The molecule has 0 spiro atoms. The summed E-state index contributed by atoms with van der Waals surface area (Å²) in [5.41, 5.74) is 10.00. The van der Waals surface area contributed by atoms with Crippen LogP contribution in [0.1, 0.15) is 0 Å². The van der Waals surface area contributed by atoms with Crippen LogP contribution in [0.3, 0.4) is 0 Å². The molecule has 0 fully saturated rings. The molecule has 3 heterocycles. The molecule has 1 aliphatic rings. The van der Waals surface area contributed by atoms with Gasteiger partial charge >= 0.3 is 0 Å². The van der Waals surface area contributed by atoms with Crippen LogP contribution in [0.25, 0.3) is 58.8 Å². The van der Waals surface area contributed by atoms with Crippen molar-refractivity contribution in [1.82, 2.24) is 4.57 Å². The van der Waals surface area contributed by atoms with Gasteiger partial charge in [-0.25, -0.2) is 0 Å². The lowest BCUT2D eigenvalue weighted by atomic mass is 9.99. The number of aromatic nitrogens is 1. The summed E-state index contributed by atoms with van der Waals surface area (Å²) in [7, 11) is -1.98. The van der Waals surface area contributed by atoms with Crippen molar-refractivity contribution in [2.24, 2.45) is 0 Å². The Balaban J connectivity index is 1.19. The van der Waals surface area contributed by atoms with Crippen LogP contribution in [0.5, 0.6) is 0 Å². The zero-order valence-corrected chi connectivity index (χ0v) is 28.6. The van der Waals surface area contributed by atoms with E-state index in [4.69, 9.17) is 0 Å². The fourth-order valence-electron chi connectivity index (χ4n) is 8.15. The highest BCUT2D eigenvalue weighted by atomic mass is 32.1. The Morgan fingerprint density at radius 3 is 2.00 bits per heavy atom. The molecule has 0 aliphatic carbocycles. The highest BCUT2D eigenvalue weighted by Crippen LogP contribution is 2.44. The van der Waals surface area contributed by atoms with E-state index >= 15 is 0 Å². The van der Waals surface area contributed by atoms with Crippen LogP contribution in [0.2, 0.25) is 13.1 Å². The lowest BCUT2D eigenvalue weighted by Crippen LogP contribution is -2.49. The van der Waals surface area contributed by atoms with Gasteiger partial charge in [0.05, 0.1) is 11.0 Å². The Bertz CT molecular complexity index is 2700. The van der Waals surface area contributed by atoms with Crippen molar-refractivity contribution in [2.75, 3.05) is 4.90 Å². The number of nitrogens with zero attached hydrogens (tertiary/aromatic N) is 2. The Morgan fingerprint density at radius 2 is 1.17 bits per heavy atom. The molecular formula is C44H32N2SSi. The summed E-state index contributed by atoms with van der Waals surface area (Å²) < 4.78 is 5.13. The topological polar surface area (TPSA) is 8.17 Å². The van der Waals surface area contributed by atoms with Gasteiger partial charge in [-0.05, 0) is 94.3 Å². The lowest BCUT2D eigenvalue weighted by Gasteiger charge is -2.27. The molecule has 0 bridgehead atoms. The zero-order valence-electron chi connectivity index (χ0n) is 26.8. The predicted molar refractivity (Wildman–Crippen MR) is 211 cm³/mol. The average molecular weight is 649 g/mol. The summed E-state index contributed by atoms with van der Waals surface area (Å²) in [5.74, 6) is 0. The van der Waals surface area contributed by atoms with Gasteiger partial charge in [0.2, 0.25) is 0 Å². The predicted octanol–water partition coefficient (Wildman–Crippen LogP) is 11.4. The molecule has 0 unspecified atom stereocenters. The van der Waals surface area contributed by atoms with E-state index in [-0.39, 0.29) is 0 Å². The molecule has 0 atom stereocenters. The zero-order chi connectivity index (χ0) is 32.0. The first-order valence-electron chi connectivity index (χ1n) is 16.6. The van der Waals surface area contributed by atoms with Crippen molar-refractivity contribution >= 4 is 88.8 Å². The number of rotatable bonds is 4. The summed E-state index contributed by atoms with van der Waals surface area (Å²) in [6, 6.07) is 58.3. The number of benzene rings is 7. The maximum atomic E-state index is 2.53. The van der Waals surface area contributed by atoms with Gasteiger partial charge in [-0.15, -0.1) is 11.3 Å². The molecule has 48 heavy (non-hydrogen) atoms. The van der Waals surface area contributed by atoms with Gasteiger partial charge in [0.1, 0.15) is 8.07 Å². The Morgan fingerprint density at radius 1 is 0.500 bits per heavy atom. The van der Waals surface area contributed by atoms with E-state index in [0.29, 0.717) is 0 Å². The van der Waals surface area contributed by atoms with E-state index in [0.717, 1.165) is 11.4 Å². The number of thiophene rings is 1. The van der Waals surface area contributed by atoms with Crippen LogP contribution in [0.15, 0.2) is 158 Å². The van der Waals surface area contributed by atoms with E-state index in [1.54, 1.807) is 5.19 Å². The summed E-state index contributed by atoms with van der Waals surface area (Å²) in [6.45, 7) is 5.05. The van der Waals surface area contributed by atoms with Crippen molar-refractivity contribution in [3.63, 3.8) is 0 Å². The summed E-state index contributed by atoms with van der Waals surface area (Å²) >= 11 is 1.91. The molecule has 0 radical (unpaired) electrons. The number of hydrogen-bond donors (Lipinski definition) is 0. The highest BCUT2D eigenvalue weighted by molar-refractivity contribution is 7.26. The SMILES string of the molecule is C[Si]1(C)c2cc(N(c3ccccc3)c3ccc4c(c3)c3ccccc3n4-c3ccccc3)ccc2-c2c1ccc1sc3ccccc3c21. The number of para-hydroxylation sites is 3. The van der Waals surface area contributed by atoms with E-state index in [1.807, 2.05) is 11.3 Å². The Hall–Kier alpha value is -5.42. The summed E-state index contributed by atoms with van der Waals surface area (Å²) in [6.07, 6.45) is 0. The van der Waals surface area contributed by atoms with Crippen LogP contribution >= 0.6 is 11.3 Å². The van der Waals surface area contributed by atoms with Crippen molar-refractivity contribution in [1.29, 1.82) is 0 Å². The smallest absolute Gasteiger partial charge is 0.113 e. The molecule has 9 aromatic rings. The summed E-state index contributed by atoms with van der Waals surface area (Å²) in [4.78, 5) is 2.44. The highest BCUT2D eigenvalue weighted by Gasteiger charge is 2.39. The maximum absolute atomic E-state index is 2.53. The van der Waals surface area contributed by atoms with Gasteiger partial charge in [0, 0.05) is 53.7 Å². The fraction of sp³-hybridized carbons (Fsp3) is 0.0455. The van der Waals surface area contributed by atoms with Crippen LogP contribution in [-0.2, 0) is 0 Å². The van der Waals surface area contributed by atoms with E-state index < -0.39 is 8.07 Å². The van der Waals surface area contributed by atoms with Gasteiger partial charge in [-0.2, -0.15) is 0 Å². The third kappa shape index (κ3) is 3.90. The molecule has 7 aromatic carbocycles. The molecule has 0 saturated heterocycles. The Labute approximate surface area is 284 Å². The molecule has 0 saturated carbocycles. The molecule has 0 amide bonds. The quantitative estimate of drug-likeness (QED) is 0.172. The second-order valence-electron chi connectivity index (χ2n) is 13.4. The fourth-order valence-corrected chi connectivity index (χ4v) is 12.3. The van der Waals surface area contributed by atoms with Gasteiger partial charge in [-0.3, -0.25) is 0 Å². The normalized spacial score (nSPS) is 13.4. The van der Waals surface area contributed by atoms with E-state index in [9.17, 15) is 0 Å². The van der Waals surface area contributed by atoms with Gasteiger partial charge in [0.15, 0.2) is 0 Å². The maximum Gasteiger partial charge on any atom is 0.113 e. The molecule has 228 valence electrons. The first-order chi connectivity index (χ1) is 23.6. The largest absolute Gasteiger partial charge is 0.310 e. The van der Waals surface area contributed by atoms with Crippen LogP contribution < -0.4 is 15.3 Å². The van der Waals surface area contributed by atoms with Crippen LogP contribution in [0.4, 0.5) is 17.1 Å². The molecule has 2 nitrogen and oxygen atoms in total. The standard InChI is InChI=1S/C44H32N2SSi/c1-48(2)41-26-25-40-43(34-18-10-12-20-39(34)47-40)44(41)35-23-21-32(28-42(35)48)45(29-13-5-3-6-14-29)31-22-24-38-36(27-31)33-17-9-11-19-37(33)46(38)30-15-7-4-8-16-30/h3-28H,1-2H3. The lowest BCUT2D eigenvalue weighted by molar-refractivity contribution is 1.18. The third-order valence-electron chi connectivity index (χ3n) is 10.4. The van der Waals surface area contributed by atoms with Crippen LogP contribution in [0, 0.1) is 0 Å². The van der Waals surface area contributed by atoms with Gasteiger partial charge in [-0.1, -0.05) is 98.0 Å². The van der Waals surface area contributed by atoms with Gasteiger partial charge < -0.3 is 9.47 Å². The summed E-state index contributed by atoms with van der Waals surface area (Å²) in [5, 5.41) is 8.39. The van der Waals surface area contributed by atoms with Crippen molar-refractivity contribution in [3.05, 3.63) is 158 Å². The third-order valence-corrected chi connectivity index (χ3v) is 15.0. The molecule has 2 aromatic heterocycles. The number of fused-ring (bicyclic) bond motifs is 10. The minimum atomic E-state index is -1.98. The molecule has 4 heteroatoms. The van der Waals surface area contributed by atoms with E-state index in [1.165, 1.54) is 69.7 Å². The van der Waals surface area contributed by atoms with E-state index in [2.05, 4.69) is 180 Å². The minimum absolute atomic E-state index is 1.16.